The Bertz CT molecular complexity index is 1110. The first-order chi connectivity index (χ1) is 20.4. The molecule has 0 saturated heterocycles. The lowest BCUT2D eigenvalue weighted by atomic mass is 10.0. The molecule has 1 unspecified atom stereocenters. The van der Waals surface area contributed by atoms with Crippen molar-refractivity contribution in [2.45, 2.75) is 116 Å². The predicted molar refractivity (Wildman–Crippen MR) is 167 cm³/mol. The molecule has 6 nitrogen and oxygen atoms in total. The van der Waals surface area contributed by atoms with E-state index in [9.17, 15) is 8.96 Å². The van der Waals surface area contributed by atoms with E-state index in [-0.39, 0.29) is 29.5 Å². The Labute approximate surface area is 257 Å². The molecule has 9 heteroatoms. The van der Waals surface area contributed by atoms with E-state index in [1.165, 1.54) is 89.9 Å². The molecule has 0 spiro atoms. The third-order valence-electron chi connectivity index (χ3n) is 7.14. The van der Waals surface area contributed by atoms with Crippen LogP contribution in [0.1, 0.15) is 114 Å². The lowest BCUT2D eigenvalue weighted by Gasteiger charge is -2.22. The normalized spacial score (nSPS) is 13.4. The van der Waals surface area contributed by atoms with Crippen molar-refractivity contribution >= 4 is 19.4 Å². The molecular weight excluding hydrogens is 576 g/mol. The van der Waals surface area contributed by atoms with Crippen molar-refractivity contribution < 1.29 is 27.3 Å². The number of rotatable bonds is 24. The Balaban J connectivity index is 1.79. The van der Waals surface area contributed by atoms with Crippen LogP contribution in [0.4, 0.5) is 4.39 Å². The fourth-order valence-corrected chi connectivity index (χ4v) is 5.93. The highest BCUT2D eigenvalue weighted by atomic mass is 35.5. The van der Waals surface area contributed by atoms with Crippen LogP contribution in [0, 0.1) is 17.1 Å². The van der Waals surface area contributed by atoms with Crippen molar-refractivity contribution in [3.63, 3.8) is 0 Å². The lowest BCUT2D eigenvalue weighted by molar-refractivity contribution is -0.00443. The van der Waals surface area contributed by atoms with Crippen molar-refractivity contribution in [3.8, 4) is 11.8 Å². The van der Waals surface area contributed by atoms with Gasteiger partial charge in [-0.25, -0.2) is 8.96 Å². The molecule has 0 amide bonds. The molecule has 0 aliphatic heterocycles. The standard InChI is InChI=1S/C33H48ClFNO5P/c1-3-4-5-6-7-8-9-10-11-12-13-14-15-16-19-31(39-26-29-22-28(25-36)23-30(35)24-29)27-40-42(37,38-2)41-33-21-18-17-20-32(33)34/h17-18,20-24,31H,3-16,19,26-27H2,1-2H3/t31-,42?/m0/s1. The van der Waals surface area contributed by atoms with E-state index in [2.05, 4.69) is 6.92 Å². The summed E-state index contributed by atoms with van der Waals surface area (Å²) in [6, 6.07) is 12.7. The number of phosphoric ester groups is 1. The van der Waals surface area contributed by atoms with Gasteiger partial charge >= 0.3 is 7.82 Å². The summed E-state index contributed by atoms with van der Waals surface area (Å²) in [6.07, 6.45) is 17.9. The molecule has 0 radical (unpaired) electrons. The van der Waals surface area contributed by atoms with Crippen LogP contribution in [0.2, 0.25) is 5.02 Å². The minimum atomic E-state index is -3.96. The molecule has 2 rings (SSSR count). The average Bonchev–Trinajstić information content (AvgIpc) is 2.99. The van der Waals surface area contributed by atoms with Gasteiger partial charge in [0.05, 0.1) is 36.0 Å². The highest BCUT2D eigenvalue weighted by Crippen LogP contribution is 2.50. The van der Waals surface area contributed by atoms with Crippen LogP contribution in [0.15, 0.2) is 42.5 Å². The fourth-order valence-electron chi connectivity index (χ4n) is 4.72. The Kier molecular flexibility index (Phi) is 18.7. The molecule has 2 aromatic carbocycles. The number of nitrogens with zero attached hydrogens (tertiary/aromatic N) is 1. The third kappa shape index (κ3) is 15.5. The molecule has 0 aliphatic rings. The number of phosphoric acid groups is 1. The number of hydrogen-bond donors (Lipinski definition) is 0. The van der Waals surface area contributed by atoms with Crippen molar-refractivity contribution in [2.75, 3.05) is 13.7 Å². The summed E-state index contributed by atoms with van der Waals surface area (Å²) in [7, 11) is -2.71. The zero-order chi connectivity index (χ0) is 30.5. The number of hydrogen-bond acceptors (Lipinski definition) is 6. The van der Waals surface area contributed by atoms with Crippen LogP contribution in [0.3, 0.4) is 0 Å². The zero-order valence-electron chi connectivity index (χ0n) is 25.3. The van der Waals surface area contributed by atoms with Crippen molar-refractivity contribution in [2.24, 2.45) is 0 Å². The van der Waals surface area contributed by atoms with Gasteiger partial charge in [-0.05, 0) is 42.3 Å². The van der Waals surface area contributed by atoms with Gasteiger partial charge in [0.2, 0.25) is 0 Å². The summed E-state index contributed by atoms with van der Waals surface area (Å²) in [5, 5.41) is 9.44. The fraction of sp³-hybridized carbons (Fsp3) is 0.606. The molecule has 42 heavy (non-hydrogen) atoms. The average molecular weight is 624 g/mol. The van der Waals surface area contributed by atoms with Crippen molar-refractivity contribution in [1.82, 2.24) is 0 Å². The van der Waals surface area contributed by atoms with Gasteiger partial charge in [0.1, 0.15) is 11.6 Å². The second-order valence-electron chi connectivity index (χ2n) is 10.7. The van der Waals surface area contributed by atoms with E-state index in [1.807, 2.05) is 6.07 Å². The molecule has 0 bridgehead atoms. The molecule has 0 aliphatic carbocycles. The minimum absolute atomic E-state index is 0.0472. The Morgan fingerprint density at radius 2 is 1.50 bits per heavy atom. The molecule has 0 aromatic heterocycles. The molecule has 2 aromatic rings. The number of ether oxygens (including phenoxy) is 1. The zero-order valence-corrected chi connectivity index (χ0v) is 27.0. The summed E-state index contributed by atoms with van der Waals surface area (Å²) < 4.78 is 49.3. The number of benzene rings is 2. The monoisotopic (exact) mass is 623 g/mol. The second kappa shape index (κ2) is 21.7. The Morgan fingerprint density at radius 1 is 0.905 bits per heavy atom. The Hall–Kier alpha value is -1.94. The van der Waals surface area contributed by atoms with Crippen molar-refractivity contribution in [1.29, 1.82) is 5.26 Å². The van der Waals surface area contributed by atoms with Gasteiger partial charge in [0.25, 0.3) is 0 Å². The quantitative estimate of drug-likeness (QED) is 0.0855. The van der Waals surface area contributed by atoms with E-state index in [0.29, 0.717) is 12.0 Å². The van der Waals surface area contributed by atoms with Gasteiger partial charge in [-0.15, -0.1) is 0 Å². The molecule has 0 fully saturated rings. The molecule has 0 heterocycles. The largest absolute Gasteiger partial charge is 0.529 e. The van der Waals surface area contributed by atoms with Gasteiger partial charge in [-0.2, -0.15) is 5.26 Å². The number of para-hydroxylation sites is 1. The minimum Gasteiger partial charge on any atom is -0.402 e. The van der Waals surface area contributed by atoms with Crippen LogP contribution in [-0.4, -0.2) is 19.8 Å². The summed E-state index contributed by atoms with van der Waals surface area (Å²) in [6.45, 7) is 2.29. The van der Waals surface area contributed by atoms with Gasteiger partial charge in [-0.1, -0.05) is 121 Å². The van der Waals surface area contributed by atoms with Crippen molar-refractivity contribution in [3.05, 3.63) is 64.4 Å². The molecule has 0 saturated carbocycles. The van der Waals surface area contributed by atoms with E-state index in [0.717, 1.165) is 19.3 Å². The van der Waals surface area contributed by atoms with Gasteiger partial charge < -0.3 is 9.26 Å². The summed E-state index contributed by atoms with van der Waals surface area (Å²) in [5.74, 6) is -0.304. The lowest BCUT2D eigenvalue weighted by Crippen LogP contribution is -2.20. The number of unbranched alkanes of at least 4 members (excludes halogenated alkanes) is 13. The van der Waals surface area contributed by atoms with Gasteiger partial charge in [-0.3, -0.25) is 9.05 Å². The molecule has 234 valence electrons. The number of halogens is 2. The first kappa shape index (κ1) is 36.3. The molecule has 2 atom stereocenters. The maximum absolute atomic E-state index is 13.9. The van der Waals surface area contributed by atoms with Crippen LogP contribution in [0.25, 0.3) is 0 Å². The van der Waals surface area contributed by atoms with E-state index >= 15 is 0 Å². The first-order valence-corrected chi connectivity index (χ1v) is 17.3. The summed E-state index contributed by atoms with van der Waals surface area (Å²) in [5.41, 5.74) is 0.769. The van der Waals surface area contributed by atoms with Gasteiger partial charge in [0, 0.05) is 7.11 Å². The van der Waals surface area contributed by atoms with E-state index in [1.54, 1.807) is 30.3 Å². The topological polar surface area (TPSA) is 77.8 Å². The van der Waals surface area contributed by atoms with E-state index < -0.39 is 19.7 Å². The number of nitriles is 1. The maximum Gasteiger partial charge on any atom is 0.529 e. The highest BCUT2D eigenvalue weighted by Gasteiger charge is 2.29. The third-order valence-corrected chi connectivity index (χ3v) is 8.79. The highest BCUT2D eigenvalue weighted by molar-refractivity contribution is 7.48. The van der Waals surface area contributed by atoms with Gasteiger partial charge in [0.15, 0.2) is 0 Å². The Morgan fingerprint density at radius 3 is 2.07 bits per heavy atom. The van der Waals surface area contributed by atoms with Crippen LogP contribution in [0.5, 0.6) is 5.75 Å². The van der Waals surface area contributed by atoms with E-state index in [4.69, 9.17) is 35.2 Å². The molecular formula is C33H48ClFNO5P. The SMILES string of the molecule is CCCCCCCCCCCCCCCC[C@@H](COP(=O)(OC)Oc1ccccc1Cl)OCc1cc(F)cc(C#N)c1. The second-order valence-corrected chi connectivity index (χ2v) is 12.8. The summed E-state index contributed by atoms with van der Waals surface area (Å²) >= 11 is 6.14. The summed E-state index contributed by atoms with van der Waals surface area (Å²) in [4.78, 5) is 0. The predicted octanol–water partition coefficient (Wildman–Crippen LogP) is 11.0. The smallest absolute Gasteiger partial charge is 0.402 e. The van der Waals surface area contributed by atoms with Crippen LogP contribution >= 0.6 is 19.4 Å². The maximum atomic E-state index is 13.9. The van der Waals surface area contributed by atoms with Crippen LogP contribution < -0.4 is 4.52 Å². The molecule has 0 N–H and O–H groups in total. The first-order valence-electron chi connectivity index (χ1n) is 15.4. The van der Waals surface area contributed by atoms with Crippen LogP contribution in [-0.2, 0) is 25.0 Å².